The van der Waals surface area contributed by atoms with E-state index in [1.165, 1.54) is 0 Å². The highest BCUT2D eigenvalue weighted by atomic mass is 79.9. The maximum atomic E-state index is 6.14. The molecule has 6 nitrogen and oxygen atoms in total. The van der Waals surface area contributed by atoms with Crippen molar-refractivity contribution >= 4 is 44.4 Å². The molecule has 3 heterocycles. The van der Waals surface area contributed by atoms with Crippen molar-refractivity contribution in [1.82, 2.24) is 25.1 Å². The number of nitrogens with one attached hydrogen (secondary N) is 1. The molecule has 0 saturated carbocycles. The van der Waals surface area contributed by atoms with Gasteiger partial charge in [-0.1, -0.05) is 17.7 Å². The van der Waals surface area contributed by atoms with Gasteiger partial charge in [0.25, 0.3) is 0 Å². The molecule has 0 saturated heterocycles. The van der Waals surface area contributed by atoms with Crippen molar-refractivity contribution in [3.63, 3.8) is 0 Å². The number of hydrogen-bond acceptors (Lipinski definition) is 5. The van der Waals surface area contributed by atoms with Crippen molar-refractivity contribution in [3.05, 3.63) is 52.2 Å². The Kier molecular flexibility index (Phi) is 3.66. The molecule has 1 aromatic carbocycles. The smallest absolute Gasteiger partial charge is 0.240 e. The number of halogens is 2. The lowest BCUT2D eigenvalue weighted by molar-refractivity contribution is 0.989. The topological polar surface area (TPSA) is 93.4 Å². The number of H-pyrrole nitrogens is 1. The Labute approximate surface area is 150 Å². The summed E-state index contributed by atoms with van der Waals surface area (Å²) in [6, 6.07) is 11.2. The summed E-state index contributed by atoms with van der Waals surface area (Å²) in [6.45, 7) is 0. The number of aromatic nitrogens is 5. The summed E-state index contributed by atoms with van der Waals surface area (Å²) in [5, 5.41) is 9.65. The Hall–Kier alpha value is -2.51. The van der Waals surface area contributed by atoms with Gasteiger partial charge in [0.15, 0.2) is 0 Å². The minimum Gasteiger partial charge on any atom is -0.366 e. The summed E-state index contributed by atoms with van der Waals surface area (Å²) >= 11 is 9.51. The number of pyridine rings is 1. The molecule has 0 radical (unpaired) electrons. The van der Waals surface area contributed by atoms with E-state index in [-0.39, 0.29) is 5.95 Å². The maximum Gasteiger partial charge on any atom is 0.240 e. The minimum absolute atomic E-state index is 0.0973. The molecular weight excluding hydrogens is 392 g/mol. The van der Waals surface area contributed by atoms with Gasteiger partial charge in [0.1, 0.15) is 16.0 Å². The summed E-state index contributed by atoms with van der Waals surface area (Å²) in [4.78, 5) is 12.0. The van der Waals surface area contributed by atoms with Gasteiger partial charge in [-0.2, -0.15) is 0 Å². The Bertz CT molecular complexity index is 1060. The fourth-order valence-corrected chi connectivity index (χ4v) is 3.04. The highest BCUT2D eigenvalue weighted by Gasteiger charge is 2.17. The lowest BCUT2D eigenvalue weighted by atomic mass is 10.1. The van der Waals surface area contributed by atoms with Gasteiger partial charge < -0.3 is 10.7 Å². The highest BCUT2D eigenvalue weighted by molar-refractivity contribution is 9.10. The summed E-state index contributed by atoms with van der Waals surface area (Å²) in [7, 11) is 0. The van der Waals surface area contributed by atoms with E-state index in [2.05, 4.69) is 41.1 Å². The number of hydrogen-bond donors (Lipinski definition) is 2. The van der Waals surface area contributed by atoms with Crippen molar-refractivity contribution in [3.8, 4) is 22.6 Å². The first-order chi connectivity index (χ1) is 11.6. The van der Waals surface area contributed by atoms with Crippen LogP contribution < -0.4 is 5.73 Å². The van der Waals surface area contributed by atoms with E-state index in [0.29, 0.717) is 26.7 Å². The molecule has 0 bridgehead atoms. The molecule has 8 heteroatoms. The first kappa shape index (κ1) is 15.0. The minimum atomic E-state index is 0.0973. The standard InChI is InChI=1S/C16H10BrClN6/c17-13-3-1-2-12(21-13)15-14(22-16(19)24-23-15)10-7-20-11-5-4-8(18)6-9(10)11/h1-7,20H,(H2,19,22,24). The molecule has 0 aliphatic carbocycles. The zero-order chi connectivity index (χ0) is 16.7. The third-order valence-electron chi connectivity index (χ3n) is 3.56. The molecule has 118 valence electrons. The van der Waals surface area contributed by atoms with Gasteiger partial charge in [-0.25, -0.2) is 9.97 Å². The van der Waals surface area contributed by atoms with E-state index in [4.69, 9.17) is 17.3 Å². The third kappa shape index (κ3) is 2.61. The van der Waals surface area contributed by atoms with Crippen LogP contribution in [0.1, 0.15) is 0 Å². The van der Waals surface area contributed by atoms with Crippen LogP contribution in [0.5, 0.6) is 0 Å². The van der Waals surface area contributed by atoms with E-state index >= 15 is 0 Å². The third-order valence-corrected chi connectivity index (χ3v) is 4.24. The van der Waals surface area contributed by atoms with E-state index in [1.54, 1.807) is 0 Å². The van der Waals surface area contributed by atoms with Crippen LogP contribution in [0.4, 0.5) is 5.95 Å². The lowest BCUT2D eigenvalue weighted by Crippen LogP contribution is -2.03. The van der Waals surface area contributed by atoms with Gasteiger partial charge in [-0.05, 0) is 46.3 Å². The van der Waals surface area contributed by atoms with Crippen molar-refractivity contribution < 1.29 is 0 Å². The van der Waals surface area contributed by atoms with Crippen LogP contribution in [0.15, 0.2) is 47.2 Å². The van der Waals surface area contributed by atoms with Crippen LogP contribution in [0.2, 0.25) is 5.02 Å². The zero-order valence-corrected chi connectivity index (χ0v) is 14.5. The average Bonchev–Trinajstić information content (AvgIpc) is 2.97. The van der Waals surface area contributed by atoms with Crippen LogP contribution in [0.3, 0.4) is 0 Å². The maximum absolute atomic E-state index is 6.14. The molecule has 0 unspecified atom stereocenters. The number of benzene rings is 1. The van der Waals surface area contributed by atoms with Crippen LogP contribution in [0.25, 0.3) is 33.5 Å². The molecular formula is C16H10BrClN6. The molecule has 0 atom stereocenters. The van der Waals surface area contributed by atoms with Crippen molar-refractivity contribution in [2.24, 2.45) is 0 Å². The molecule has 0 spiro atoms. The van der Waals surface area contributed by atoms with Gasteiger partial charge in [0.05, 0.1) is 5.69 Å². The number of nitrogen functional groups attached to an aromatic ring is 1. The summed E-state index contributed by atoms with van der Waals surface area (Å²) in [6.07, 6.45) is 1.85. The molecule has 0 amide bonds. The zero-order valence-electron chi connectivity index (χ0n) is 12.2. The summed E-state index contributed by atoms with van der Waals surface area (Å²) < 4.78 is 0.701. The number of anilines is 1. The Balaban J connectivity index is 2.00. The monoisotopic (exact) mass is 400 g/mol. The van der Waals surface area contributed by atoms with Gasteiger partial charge in [0, 0.05) is 27.7 Å². The second kappa shape index (κ2) is 5.85. The first-order valence-electron chi connectivity index (χ1n) is 7.02. The largest absolute Gasteiger partial charge is 0.366 e. The van der Waals surface area contributed by atoms with Crippen molar-refractivity contribution in [1.29, 1.82) is 0 Å². The molecule has 4 rings (SSSR count). The van der Waals surface area contributed by atoms with Crippen molar-refractivity contribution in [2.75, 3.05) is 5.73 Å². The SMILES string of the molecule is Nc1nnc(-c2cccc(Br)n2)c(-c2c[nH]c3ccc(Cl)cc23)n1. The van der Waals surface area contributed by atoms with Crippen LogP contribution in [0, 0.1) is 0 Å². The molecule has 24 heavy (non-hydrogen) atoms. The Morgan fingerprint density at radius 1 is 1.04 bits per heavy atom. The van der Waals surface area contributed by atoms with Crippen LogP contribution in [-0.4, -0.2) is 25.1 Å². The fourth-order valence-electron chi connectivity index (χ4n) is 2.53. The number of rotatable bonds is 2. The number of nitrogens with two attached hydrogens (primary N) is 1. The normalized spacial score (nSPS) is 11.1. The molecule has 0 aliphatic rings. The first-order valence-corrected chi connectivity index (χ1v) is 8.19. The number of aromatic amines is 1. The Morgan fingerprint density at radius 2 is 1.92 bits per heavy atom. The predicted octanol–water partition coefficient (Wildman–Crippen LogP) is 4.08. The number of fused-ring (bicyclic) bond motifs is 1. The van der Waals surface area contributed by atoms with Gasteiger partial charge in [-0.15, -0.1) is 10.2 Å². The van der Waals surface area contributed by atoms with Crippen LogP contribution >= 0.6 is 27.5 Å². The fraction of sp³-hybridized carbons (Fsp3) is 0. The van der Waals surface area contributed by atoms with Crippen LogP contribution in [-0.2, 0) is 0 Å². The molecule has 0 aliphatic heterocycles. The number of nitrogens with zero attached hydrogens (tertiary/aromatic N) is 4. The van der Waals surface area contributed by atoms with E-state index in [9.17, 15) is 0 Å². The summed E-state index contributed by atoms with van der Waals surface area (Å²) in [5.74, 6) is 0.0973. The van der Waals surface area contributed by atoms with Crippen molar-refractivity contribution in [2.45, 2.75) is 0 Å². The second-order valence-electron chi connectivity index (χ2n) is 5.11. The van der Waals surface area contributed by atoms with Gasteiger partial charge >= 0.3 is 0 Å². The molecule has 4 aromatic rings. The van der Waals surface area contributed by atoms with Gasteiger partial charge in [-0.3, -0.25) is 0 Å². The summed E-state index contributed by atoms with van der Waals surface area (Å²) in [5.41, 5.74) is 9.34. The Morgan fingerprint density at radius 3 is 2.75 bits per heavy atom. The van der Waals surface area contributed by atoms with Gasteiger partial charge in [0.2, 0.25) is 5.95 Å². The molecule has 0 fully saturated rings. The van der Waals surface area contributed by atoms with E-state index < -0.39 is 0 Å². The highest BCUT2D eigenvalue weighted by Crippen LogP contribution is 2.34. The van der Waals surface area contributed by atoms with E-state index in [0.717, 1.165) is 16.5 Å². The molecule has 3 N–H and O–H groups in total. The predicted molar refractivity (Wildman–Crippen MR) is 97.5 cm³/mol. The van der Waals surface area contributed by atoms with E-state index in [1.807, 2.05) is 42.6 Å². The lowest BCUT2D eigenvalue weighted by Gasteiger charge is -2.07. The molecule has 3 aromatic heterocycles. The quantitative estimate of drug-likeness (QED) is 0.494. The second-order valence-corrected chi connectivity index (χ2v) is 6.35. The average molecular weight is 402 g/mol.